The van der Waals surface area contributed by atoms with Crippen LogP contribution >= 0.6 is 0 Å². The molecule has 1 unspecified atom stereocenters. The van der Waals surface area contributed by atoms with Crippen molar-refractivity contribution in [1.82, 2.24) is 10.2 Å². The molecule has 0 aliphatic carbocycles. The quantitative estimate of drug-likeness (QED) is 0.658. The maximum absolute atomic E-state index is 11.4. The molecule has 1 amide bonds. The monoisotopic (exact) mass is 200 g/mol. The van der Waals surface area contributed by atoms with E-state index < -0.39 is 5.60 Å². The van der Waals surface area contributed by atoms with Crippen LogP contribution in [0.15, 0.2) is 0 Å². The number of rotatable bonds is 2. The van der Waals surface area contributed by atoms with Crippen LogP contribution in [0.5, 0.6) is 0 Å². The molecule has 0 aromatic rings. The lowest BCUT2D eigenvalue weighted by molar-refractivity contribution is -0.127. The summed E-state index contributed by atoms with van der Waals surface area (Å²) in [6.45, 7) is 5.34. The van der Waals surface area contributed by atoms with Crippen LogP contribution in [-0.4, -0.2) is 47.7 Å². The molecule has 1 aliphatic rings. The summed E-state index contributed by atoms with van der Waals surface area (Å²) in [5.74, 6) is 0.0477. The van der Waals surface area contributed by atoms with Gasteiger partial charge in [-0.2, -0.15) is 0 Å². The summed E-state index contributed by atoms with van der Waals surface area (Å²) in [6.07, 6.45) is 1.49. The molecule has 1 atom stereocenters. The number of hydrogen-bond donors (Lipinski definition) is 2. The van der Waals surface area contributed by atoms with Crippen LogP contribution in [0.1, 0.15) is 26.7 Å². The van der Waals surface area contributed by atoms with Gasteiger partial charge in [0, 0.05) is 20.1 Å². The van der Waals surface area contributed by atoms with E-state index in [0.29, 0.717) is 0 Å². The van der Waals surface area contributed by atoms with Crippen LogP contribution in [0, 0.1) is 0 Å². The lowest BCUT2D eigenvalue weighted by Crippen LogP contribution is -2.50. The predicted molar refractivity (Wildman–Crippen MR) is 55.0 cm³/mol. The lowest BCUT2D eigenvalue weighted by Gasteiger charge is -2.38. The van der Waals surface area contributed by atoms with Crippen LogP contribution in [0.3, 0.4) is 0 Å². The molecule has 4 heteroatoms. The first-order valence-corrected chi connectivity index (χ1v) is 5.14. The number of piperidine rings is 1. The third kappa shape index (κ3) is 2.69. The molecule has 0 aromatic heterocycles. The van der Waals surface area contributed by atoms with Crippen molar-refractivity contribution >= 4 is 5.91 Å². The highest BCUT2D eigenvalue weighted by molar-refractivity contribution is 5.80. The van der Waals surface area contributed by atoms with Gasteiger partial charge in [0.15, 0.2) is 0 Å². The molecular formula is C10H20N2O2. The van der Waals surface area contributed by atoms with Gasteiger partial charge in [0.2, 0.25) is 5.91 Å². The lowest BCUT2D eigenvalue weighted by atomic mass is 9.93. The molecule has 0 saturated carbocycles. The molecule has 2 N–H and O–H groups in total. The third-order valence-electron chi connectivity index (χ3n) is 3.05. The van der Waals surface area contributed by atoms with E-state index in [1.165, 1.54) is 0 Å². The summed E-state index contributed by atoms with van der Waals surface area (Å²) in [7, 11) is 1.65. The first kappa shape index (κ1) is 11.5. The van der Waals surface area contributed by atoms with Gasteiger partial charge in [0.1, 0.15) is 0 Å². The first-order valence-electron chi connectivity index (χ1n) is 5.14. The Morgan fingerprint density at radius 1 is 1.50 bits per heavy atom. The van der Waals surface area contributed by atoms with Gasteiger partial charge in [0.25, 0.3) is 0 Å². The highest BCUT2D eigenvalue weighted by atomic mass is 16.3. The van der Waals surface area contributed by atoms with Crippen molar-refractivity contribution < 1.29 is 9.90 Å². The summed E-state index contributed by atoms with van der Waals surface area (Å²) in [6, 6.07) is -0.0869. The number of likely N-dealkylation sites (N-methyl/N-ethyl adjacent to an activating group) is 1. The molecule has 4 nitrogen and oxygen atoms in total. The highest BCUT2D eigenvalue weighted by Crippen LogP contribution is 2.22. The second-order valence-corrected chi connectivity index (χ2v) is 4.32. The van der Waals surface area contributed by atoms with Gasteiger partial charge in [-0.25, -0.2) is 0 Å². The Morgan fingerprint density at radius 2 is 2.00 bits per heavy atom. The van der Waals surface area contributed by atoms with Crippen molar-refractivity contribution in [2.24, 2.45) is 0 Å². The Labute approximate surface area is 85.3 Å². The number of likely N-dealkylation sites (tertiary alicyclic amines) is 1. The first-order chi connectivity index (χ1) is 6.46. The second-order valence-electron chi connectivity index (χ2n) is 4.32. The normalized spacial score (nSPS) is 24.3. The van der Waals surface area contributed by atoms with Gasteiger partial charge in [-0.1, -0.05) is 0 Å². The zero-order chi connectivity index (χ0) is 10.8. The highest BCUT2D eigenvalue weighted by Gasteiger charge is 2.31. The summed E-state index contributed by atoms with van der Waals surface area (Å²) in [5.41, 5.74) is -0.543. The minimum absolute atomic E-state index is 0.0477. The van der Waals surface area contributed by atoms with Gasteiger partial charge in [-0.3, -0.25) is 9.69 Å². The van der Waals surface area contributed by atoms with Gasteiger partial charge >= 0.3 is 0 Å². The van der Waals surface area contributed by atoms with Crippen LogP contribution in [0.25, 0.3) is 0 Å². The molecule has 82 valence electrons. The Kier molecular flexibility index (Phi) is 3.50. The number of aliphatic hydroxyl groups is 1. The van der Waals surface area contributed by atoms with Gasteiger partial charge in [0.05, 0.1) is 11.6 Å². The number of hydrogen-bond acceptors (Lipinski definition) is 3. The predicted octanol–water partition coefficient (Wildman–Crippen LogP) is -0.0323. The summed E-state index contributed by atoms with van der Waals surface area (Å²) < 4.78 is 0. The van der Waals surface area contributed by atoms with Crippen LogP contribution in [0.4, 0.5) is 0 Å². The molecule has 1 rings (SSSR count). The van der Waals surface area contributed by atoms with E-state index in [4.69, 9.17) is 0 Å². The zero-order valence-electron chi connectivity index (χ0n) is 9.21. The van der Waals surface area contributed by atoms with E-state index in [1.807, 2.05) is 13.8 Å². The molecular weight excluding hydrogens is 180 g/mol. The van der Waals surface area contributed by atoms with E-state index in [1.54, 1.807) is 7.05 Å². The average molecular weight is 200 g/mol. The Balaban J connectivity index is 2.45. The molecule has 1 aliphatic heterocycles. The molecule has 1 fully saturated rings. The van der Waals surface area contributed by atoms with Crippen molar-refractivity contribution in [2.45, 2.75) is 38.3 Å². The van der Waals surface area contributed by atoms with Crippen LogP contribution in [-0.2, 0) is 4.79 Å². The van der Waals surface area contributed by atoms with Crippen molar-refractivity contribution in [1.29, 1.82) is 0 Å². The smallest absolute Gasteiger partial charge is 0.236 e. The summed E-state index contributed by atoms with van der Waals surface area (Å²) >= 11 is 0. The number of nitrogens with one attached hydrogen (secondary N) is 1. The summed E-state index contributed by atoms with van der Waals surface area (Å²) in [5, 5.41) is 12.4. The summed E-state index contributed by atoms with van der Waals surface area (Å²) in [4.78, 5) is 13.5. The Bertz CT molecular complexity index is 206. The third-order valence-corrected chi connectivity index (χ3v) is 3.05. The minimum atomic E-state index is -0.543. The Hall–Kier alpha value is -0.610. The van der Waals surface area contributed by atoms with Crippen LogP contribution < -0.4 is 5.32 Å². The largest absolute Gasteiger partial charge is 0.390 e. The second kappa shape index (κ2) is 4.28. The van der Waals surface area contributed by atoms with Gasteiger partial charge < -0.3 is 10.4 Å². The maximum atomic E-state index is 11.4. The van der Waals surface area contributed by atoms with E-state index in [-0.39, 0.29) is 11.9 Å². The topological polar surface area (TPSA) is 52.6 Å². The standard InChI is InChI=1S/C10H20N2O2/c1-8(9(13)11-3)12-6-4-10(2,14)5-7-12/h8,14H,4-7H2,1-3H3,(H,11,13). The molecule has 14 heavy (non-hydrogen) atoms. The number of carbonyl (C=O) groups excluding carboxylic acids is 1. The number of carbonyl (C=O) groups is 1. The SMILES string of the molecule is CNC(=O)C(C)N1CCC(C)(O)CC1. The minimum Gasteiger partial charge on any atom is -0.390 e. The fourth-order valence-corrected chi connectivity index (χ4v) is 1.77. The molecule has 0 spiro atoms. The van der Waals surface area contributed by atoms with E-state index >= 15 is 0 Å². The molecule has 1 heterocycles. The van der Waals surface area contributed by atoms with E-state index in [9.17, 15) is 9.90 Å². The molecule has 0 aromatic carbocycles. The van der Waals surface area contributed by atoms with Gasteiger partial charge in [-0.05, 0) is 26.7 Å². The van der Waals surface area contributed by atoms with Crippen molar-refractivity contribution in [3.05, 3.63) is 0 Å². The Morgan fingerprint density at radius 3 is 2.43 bits per heavy atom. The number of nitrogens with zero attached hydrogens (tertiary/aromatic N) is 1. The van der Waals surface area contributed by atoms with E-state index in [2.05, 4.69) is 10.2 Å². The van der Waals surface area contributed by atoms with Crippen molar-refractivity contribution in [3.8, 4) is 0 Å². The maximum Gasteiger partial charge on any atom is 0.236 e. The molecule has 0 bridgehead atoms. The number of amides is 1. The fraction of sp³-hybridized carbons (Fsp3) is 0.900. The van der Waals surface area contributed by atoms with Gasteiger partial charge in [-0.15, -0.1) is 0 Å². The molecule has 1 saturated heterocycles. The van der Waals surface area contributed by atoms with Crippen molar-refractivity contribution in [2.75, 3.05) is 20.1 Å². The van der Waals surface area contributed by atoms with Crippen LogP contribution in [0.2, 0.25) is 0 Å². The molecule has 0 radical (unpaired) electrons. The van der Waals surface area contributed by atoms with E-state index in [0.717, 1.165) is 25.9 Å². The zero-order valence-corrected chi connectivity index (χ0v) is 9.21. The fourth-order valence-electron chi connectivity index (χ4n) is 1.77. The average Bonchev–Trinajstić information content (AvgIpc) is 2.15. The van der Waals surface area contributed by atoms with Crippen molar-refractivity contribution in [3.63, 3.8) is 0 Å².